The fourth-order valence-corrected chi connectivity index (χ4v) is 2.09. The molecule has 17 heavy (non-hydrogen) atoms. The predicted octanol–water partition coefficient (Wildman–Crippen LogP) is 2.13. The molecule has 0 amide bonds. The van der Waals surface area contributed by atoms with Gasteiger partial charge < -0.3 is 14.6 Å². The number of phenolic OH excluding ortho intramolecular Hbond substituents is 1. The molecule has 0 bridgehead atoms. The summed E-state index contributed by atoms with van der Waals surface area (Å²) in [5.41, 5.74) is 1.78. The first kappa shape index (κ1) is 11.9. The quantitative estimate of drug-likeness (QED) is 0.884. The zero-order valence-electron chi connectivity index (χ0n) is 10.4. The molecular weight excluding hydrogens is 219 g/mol. The summed E-state index contributed by atoms with van der Waals surface area (Å²) in [6.07, 6.45) is 2.79. The van der Waals surface area contributed by atoms with Crippen LogP contribution in [0.2, 0.25) is 0 Å². The average Bonchev–Trinajstić information content (AvgIpc) is 2.53. The van der Waals surface area contributed by atoms with Gasteiger partial charge in [0, 0.05) is 31.2 Å². The van der Waals surface area contributed by atoms with Crippen LogP contribution >= 0.6 is 0 Å². The van der Waals surface area contributed by atoms with Gasteiger partial charge in [0.1, 0.15) is 11.6 Å². The lowest BCUT2D eigenvalue weighted by Gasteiger charge is -2.08. The zero-order valence-corrected chi connectivity index (χ0v) is 10.4. The Morgan fingerprint density at radius 2 is 2.06 bits per heavy atom. The number of fused-ring (bicyclic) bond motifs is 1. The number of hydrogen-bond acceptors (Lipinski definition) is 2. The third-order valence-corrected chi connectivity index (χ3v) is 2.94. The molecule has 0 unspecified atom stereocenters. The maximum Gasteiger partial charge on any atom is 0.129 e. The Morgan fingerprint density at radius 3 is 2.71 bits per heavy atom. The molecule has 0 saturated carbocycles. The molecule has 3 nitrogen and oxygen atoms in total. The number of aromatic nitrogens is 1. The van der Waals surface area contributed by atoms with Gasteiger partial charge in [-0.25, -0.2) is 4.39 Å². The van der Waals surface area contributed by atoms with E-state index >= 15 is 0 Å². The van der Waals surface area contributed by atoms with Crippen molar-refractivity contribution in [3.8, 4) is 5.75 Å². The summed E-state index contributed by atoms with van der Waals surface area (Å²) in [6.45, 7) is 0.899. The normalized spacial score (nSPS) is 11.6. The zero-order chi connectivity index (χ0) is 12.6. The van der Waals surface area contributed by atoms with Crippen molar-refractivity contribution in [2.24, 2.45) is 7.05 Å². The first-order valence-corrected chi connectivity index (χ1v) is 5.60. The molecule has 1 N–H and O–H groups in total. The van der Waals surface area contributed by atoms with Crippen molar-refractivity contribution in [2.75, 3.05) is 20.6 Å². The SMILES string of the molecule is CN(C)CCc1cn(C)c2cc(F)cc(O)c12. The van der Waals surface area contributed by atoms with Crippen LogP contribution in [0.25, 0.3) is 10.9 Å². The maximum absolute atomic E-state index is 13.2. The molecule has 0 saturated heterocycles. The predicted molar refractivity (Wildman–Crippen MR) is 66.8 cm³/mol. The van der Waals surface area contributed by atoms with E-state index in [0.29, 0.717) is 0 Å². The summed E-state index contributed by atoms with van der Waals surface area (Å²) in [5, 5.41) is 10.6. The fraction of sp³-hybridized carbons (Fsp3) is 0.385. The van der Waals surface area contributed by atoms with E-state index in [-0.39, 0.29) is 5.75 Å². The van der Waals surface area contributed by atoms with Gasteiger partial charge in [-0.15, -0.1) is 0 Å². The fourth-order valence-electron chi connectivity index (χ4n) is 2.09. The smallest absolute Gasteiger partial charge is 0.129 e. The lowest BCUT2D eigenvalue weighted by Crippen LogP contribution is -2.14. The van der Waals surface area contributed by atoms with Gasteiger partial charge >= 0.3 is 0 Å². The Labute approximate surface area is 100 Å². The first-order valence-electron chi connectivity index (χ1n) is 5.60. The highest BCUT2D eigenvalue weighted by Gasteiger charge is 2.12. The van der Waals surface area contributed by atoms with Gasteiger partial charge in [-0.2, -0.15) is 0 Å². The molecule has 1 heterocycles. The Kier molecular flexibility index (Phi) is 3.07. The van der Waals surface area contributed by atoms with E-state index in [4.69, 9.17) is 0 Å². The van der Waals surface area contributed by atoms with E-state index in [2.05, 4.69) is 4.90 Å². The van der Waals surface area contributed by atoms with Gasteiger partial charge in [0.05, 0.1) is 5.52 Å². The first-order chi connectivity index (χ1) is 7.99. The molecule has 0 radical (unpaired) electrons. The van der Waals surface area contributed by atoms with Gasteiger partial charge in [-0.3, -0.25) is 0 Å². The summed E-state index contributed by atoms with van der Waals surface area (Å²) in [7, 11) is 5.87. The molecule has 4 heteroatoms. The topological polar surface area (TPSA) is 28.4 Å². The van der Waals surface area contributed by atoms with E-state index in [0.717, 1.165) is 29.4 Å². The Hall–Kier alpha value is -1.55. The minimum Gasteiger partial charge on any atom is -0.507 e. The highest BCUT2D eigenvalue weighted by molar-refractivity contribution is 5.89. The second-order valence-electron chi connectivity index (χ2n) is 4.64. The second-order valence-corrected chi connectivity index (χ2v) is 4.64. The van der Waals surface area contributed by atoms with Crippen molar-refractivity contribution in [1.29, 1.82) is 0 Å². The molecule has 0 aliphatic rings. The van der Waals surface area contributed by atoms with Crippen molar-refractivity contribution in [2.45, 2.75) is 6.42 Å². The summed E-state index contributed by atoms with van der Waals surface area (Å²) < 4.78 is 15.1. The molecule has 0 spiro atoms. The third kappa shape index (κ3) is 2.26. The van der Waals surface area contributed by atoms with Gasteiger partial charge in [0.2, 0.25) is 0 Å². The molecule has 1 aromatic heterocycles. The number of likely N-dealkylation sites (N-methyl/N-ethyl adjacent to an activating group) is 1. The minimum absolute atomic E-state index is 0.0226. The summed E-state index contributed by atoms with van der Waals surface area (Å²) in [5.74, 6) is -0.385. The molecule has 1 aromatic carbocycles. The second kappa shape index (κ2) is 4.37. The molecule has 92 valence electrons. The Balaban J connectivity index is 2.50. The van der Waals surface area contributed by atoms with Crippen LogP contribution in [0.3, 0.4) is 0 Å². The molecule has 0 aliphatic heterocycles. The monoisotopic (exact) mass is 236 g/mol. The number of hydrogen-bond donors (Lipinski definition) is 1. The molecule has 2 rings (SSSR count). The van der Waals surface area contributed by atoms with Crippen LogP contribution in [-0.2, 0) is 13.5 Å². The van der Waals surface area contributed by atoms with Crippen LogP contribution in [0.15, 0.2) is 18.3 Å². The van der Waals surface area contributed by atoms with Crippen molar-refractivity contribution in [1.82, 2.24) is 9.47 Å². The number of phenols is 1. The number of nitrogens with zero attached hydrogens (tertiary/aromatic N) is 2. The van der Waals surface area contributed by atoms with Gasteiger partial charge in [-0.05, 0) is 32.1 Å². The molecule has 0 fully saturated rings. The summed E-state index contributed by atoms with van der Waals surface area (Å²) in [4.78, 5) is 2.08. The number of benzene rings is 1. The molecule has 0 atom stereocenters. The lowest BCUT2D eigenvalue weighted by molar-refractivity contribution is 0.413. The molecular formula is C13H17FN2O. The van der Waals surface area contributed by atoms with Crippen LogP contribution in [-0.4, -0.2) is 35.2 Å². The van der Waals surface area contributed by atoms with Gasteiger partial charge in [0.15, 0.2) is 0 Å². The maximum atomic E-state index is 13.2. The number of rotatable bonds is 3. The minimum atomic E-state index is -0.407. The van der Waals surface area contributed by atoms with E-state index in [9.17, 15) is 9.50 Å². The van der Waals surface area contributed by atoms with Crippen LogP contribution in [0.1, 0.15) is 5.56 Å². The standard InChI is InChI=1S/C13H17FN2O/c1-15(2)5-4-9-8-16(3)11-6-10(14)7-12(17)13(9)11/h6-8,17H,4-5H2,1-3H3. The van der Waals surface area contributed by atoms with Gasteiger partial charge in [0.25, 0.3) is 0 Å². The highest BCUT2D eigenvalue weighted by Crippen LogP contribution is 2.30. The average molecular weight is 236 g/mol. The van der Waals surface area contributed by atoms with E-state index in [1.807, 2.05) is 31.9 Å². The van der Waals surface area contributed by atoms with Crippen LogP contribution in [0.5, 0.6) is 5.75 Å². The highest BCUT2D eigenvalue weighted by atomic mass is 19.1. The largest absolute Gasteiger partial charge is 0.507 e. The van der Waals surface area contributed by atoms with Crippen molar-refractivity contribution >= 4 is 10.9 Å². The van der Waals surface area contributed by atoms with E-state index in [1.165, 1.54) is 12.1 Å². The van der Waals surface area contributed by atoms with Crippen molar-refractivity contribution < 1.29 is 9.50 Å². The van der Waals surface area contributed by atoms with Crippen molar-refractivity contribution in [3.05, 3.63) is 29.7 Å². The lowest BCUT2D eigenvalue weighted by atomic mass is 10.1. The summed E-state index contributed by atoms with van der Waals surface area (Å²) in [6, 6.07) is 2.62. The summed E-state index contributed by atoms with van der Waals surface area (Å²) >= 11 is 0. The number of aryl methyl sites for hydroxylation is 1. The van der Waals surface area contributed by atoms with Crippen LogP contribution < -0.4 is 0 Å². The molecule has 2 aromatic rings. The van der Waals surface area contributed by atoms with Crippen LogP contribution in [0.4, 0.5) is 4.39 Å². The van der Waals surface area contributed by atoms with Crippen molar-refractivity contribution in [3.63, 3.8) is 0 Å². The number of aromatic hydroxyl groups is 1. The van der Waals surface area contributed by atoms with Gasteiger partial charge in [-0.1, -0.05) is 0 Å². The van der Waals surface area contributed by atoms with Crippen LogP contribution in [0, 0.1) is 5.82 Å². The van der Waals surface area contributed by atoms with E-state index in [1.54, 1.807) is 0 Å². The number of halogens is 1. The Bertz CT molecular complexity index is 546. The Morgan fingerprint density at radius 1 is 1.35 bits per heavy atom. The molecule has 0 aliphatic carbocycles. The third-order valence-electron chi connectivity index (χ3n) is 2.94. The van der Waals surface area contributed by atoms with E-state index < -0.39 is 5.82 Å².